The van der Waals surface area contributed by atoms with Crippen LogP contribution in [0.3, 0.4) is 0 Å². The van der Waals surface area contributed by atoms with E-state index in [2.05, 4.69) is 0 Å². The average Bonchev–Trinajstić information content (AvgIpc) is 2.78. The van der Waals surface area contributed by atoms with E-state index in [1.165, 1.54) is 0 Å². The summed E-state index contributed by atoms with van der Waals surface area (Å²) >= 11 is 0. The van der Waals surface area contributed by atoms with Crippen LogP contribution < -0.4 is 9.64 Å². The number of carbonyl (C=O) groups excluding carboxylic acids is 1. The fourth-order valence-corrected chi connectivity index (χ4v) is 3.51. The molecular weight excluding hydrogens is 358 g/mol. The Hall–Kier alpha value is -2.86. The predicted octanol–water partition coefficient (Wildman–Crippen LogP) is 3.65. The first-order chi connectivity index (χ1) is 13.4. The summed E-state index contributed by atoms with van der Waals surface area (Å²) in [5, 5.41) is 9.34. The second-order valence-corrected chi connectivity index (χ2v) is 7.25. The van der Waals surface area contributed by atoms with E-state index in [1.54, 1.807) is 12.0 Å². The van der Waals surface area contributed by atoms with E-state index in [0.717, 1.165) is 16.8 Å². The second-order valence-electron chi connectivity index (χ2n) is 7.25. The van der Waals surface area contributed by atoms with Gasteiger partial charge in [-0.25, -0.2) is 0 Å². The number of fused-ring (bicyclic) bond motifs is 1. The van der Waals surface area contributed by atoms with Crippen LogP contribution in [0.2, 0.25) is 0 Å². The molecule has 2 unspecified atom stereocenters. The lowest BCUT2D eigenvalue weighted by Gasteiger charge is -2.26. The number of hydrogen-bond donors (Lipinski definition) is 1. The maximum absolute atomic E-state index is 13.2. The molecule has 2 aromatic rings. The Labute approximate surface area is 164 Å². The SMILES string of the molecule is COc1ccccc1C1OC(CC(=O)O)C(=O)N(CC(C)C)c2ccccc21. The molecule has 6 heteroatoms. The standard InChI is InChI=1S/C22H25NO5/c1-14(2)13-23-17-10-6-4-8-15(17)21(16-9-5-7-11-18(16)27-3)28-19(22(23)26)12-20(24)25/h4-11,14,19,21H,12-13H2,1-3H3,(H,24,25). The van der Waals surface area contributed by atoms with Gasteiger partial charge in [-0.15, -0.1) is 0 Å². The first-order valence-electron chi connectivity index (χ1n) is 9.32. The minimum absolute atomic E-state index is 0.213. The van der Waals surface area contributed by atoms with Gasteiger partial charge in [-0.1, -0.05) is 50.2 Å². The quantitative estimate of drug-likeness (QED) is 0.824. The van der Waals surface area contributed by atoms with Crippen molar-refractivity contribution in [3.63, 3.8) is 0 Å². The van der Waals surface area contributed by atoms with Gasteiger partial charge in [0.2, 0.25) is 0 Å². The minimum atomic E-state index is -1.08. The van der Waals surface area contributed by atoms with Crippen molar-refractivity contribution >= 4 is 17.6 Å². The van der Waals surface area contributed by atoms with Crippen LogP contribution in [-0.2, 0) is 14.3 Å². The van der Waals surface area contributed by atoms with Crippen LogP contribution >= 0.6 is 0 Å². The normalized spacial score (nSPS) is 19.3. The third kappa shape index (κ3) is 4.02. The molecule has 0 saturated heterocycles. The fraction of sp³-hybridized carbons (Fsp3) is 0.364. The molecule has 0 saturated carbocycles. The number of carboxylic acid groups (broad SMARTS) is 1. The third-order valence-corrected chi connectivity index (χ3v) is 4.68. The van der Waals surface area contributed by atoms with Crippen molar-refractivity contribution in [3.05, 3.63) is 59.7 Å². The summed E-state index contributed by atoms with van der Waals surface area (Å²) in [7, 11) is 1.58. The molecule has 28 heavy (non-hydrogen) atoms. The van der Waals surface area contributed by atoms with Gasteiger partial charge in [-0.3, -0.25) is 9.59 Å². The van der Waals surface area contributed by atoms with Crippen molar-refractivity contribution in [1.29, 1.82) is 0 Å². The zero-order valence-corrected chi connectivity index (χ0v) is 16.3. The predicted molar refractivity (Wildman–Crippen MR) is 106 cm³/mol. The van der Waals surface area contributed by atoms with Gasteiger partial charge >= 0.3 is 5.97 Å². The van der Waals surface area contributed by atoms with Gasteiger partial charge in [0.05, 0.1) is 13.5 Å². The first-order valence-corrected chi connectivity index (χ1v) is 9.32. The van der Waals surface area contributed by atoms with Crippen molar-refractivity contribution < 1.29 is 24.2 Å². The Morgan fingerprint density at radius 2 is 1.79 bits per heavy atom. The summed E-state index contributed by atoms with van der Waals surface area (Å²) in [4.78, 5) is 26.3. The number of benzene rings is 2. The number of nitrogens with zero attached hydrogens (tertiary/aromatic N) is 1. The Kier molecular flexibility index (Phi) is 5.99. The summed E-state index contributed by atoms with van der Waals surface area (Å²) in [6.07, 6.45) is -2.09. The Balaban J connectivity index is 2.17. The molecule has 1 aliphatic rings. The van der Waals surface area contributed by atoms with Crippen molar-refractivity contribution in [3.8, 4) is 5.75 Å². The zero-order chi connectivity index (χ0) is 20.3. The van der Waals surface area contributed by atoms with Gasteiger partial charge in [-0.05, 0) is 18.1 Å². The number of methoxy groups -OCH3 is 1. The zero-order valence-electron chi connectivity index (χ0n) is 16.3. The van der Waals surface area contributed by atoms with Crippen LogP contribution in [-0.4, -0.2) is 36.7 Å². The number of para-hydroxylation sites is 2. The van der Waals surface area contributed by atoms with Crippen LogP contribution in [0.5, 0.6) is 5.75 Å². The molecule has 0 bridgehead atoms. The maximum atomic E-state index is 13.2. The highest BCUT2D eigenvalue weighted by Gasteiger charge is 2.38. The van der Waals surface area contributed by atoms with Gasteiger partial charge in [-0.2, -0.15) is 0 Å². The number of aliphatic carboxylic acids is 1. The lowest BCUT2D eigenvalue weighted by molar-refractivity contribution is -0.147. The van der Waals surface area contributed by atoms with E-state index < -0.39 is 24.6 Å². The fourth-order valence-electron chi connectivity index (χ4n) is 3.51. The highest BCUT2D eigenvalue weighted by Crippen LogP contribution is 2.41. The molecular formula is C22H25NO5. The Bertz CT molecular complexity index is 864. The van der Waals surface area contributed by atoms with Gasteiger partial charge in [0.1, 0.15) is 18.0 Å². The number of hydrogen-bond acceptors (Lipinski definition) is 4. The molecule has 0 aromatic heterocycles. The smallest absolute Gasteiger partial charge is 0.306 e. The monoisotopic (exact) mass is 383 g/mol. The second kappa shape index (κ2) is 8.44. The van der Waals surface area contributed by atoms with Crippen LogP contribution in [0.25, 0.3) is 0 Å². The molecule has 6 nitrogen and oxygen atoms in total. The van der Waals surface area contributed by atoms with Crippen LogP contribution in [0, 0.1) is 5.92 Å². The summed E-state index contributed by atoms with van der Waals surface area (Å²) in [6.45, 7) is 4.52. The Morgan fingerprint density at radius 1 is 1.14 bits per heavy atom. The summed E-state index contributed by atoms with van der Waals surface area (Å²) in [5.41, 5.74) is 2.31. The molecule has 1 heterocycles. The number of amides is 1. The lowest BCUT2D eigenvalue weighted by Crippen LogP contribution is -2.42. The van der Waals surface area contributed by atoms with E-state index >= 15 is 0 Å². The van der Waals surface area contributed by atoms with E-state index in [4.69, 9.17) is 9.47 Å². The highest BCUT2D eigenvalue weighted by atomic mass is 16.5. The van der Waals surface area contributed by atoms with E-state index in [-0.39, 0.29) is 11.8 Å². The third-order valence-electron chi connectivity index (χ3n) is 4.68. The summed E-state index contributed by atoms with van der Waals surface area (Å²) < 4.78 is 11.6. The minimum Gasteiger partial charge on any atom is -0.496 e. The highest BCUT2D eigenvalue weighted by molar-refractivity contribution is 5.99. The van der Waals surface area contributed by atoms with Crippen LogP contribution in [0.4, 0.5) is 5.69 Å². The van der Waals surface area contributed by atoms with Crippen LogP contribution in [0.1, 0.15) is 37.5 Å². The molecule has 148 valence electrons. The maximum Gasteiger partial charge on any atom is 0.306 e. The van der Waals surface area contributed by atoms with Gasteiger partial charge in [0.25, 0.3) is 5.91 Å². The summed E-state index contributed by atoms with van der Waals surface area (Å²) in [6, 6.07) is 15.0. The molecule has 1 amide bonds. The van der Waals surface area contributed by atoms with Gasteiger partial charge in [0.15, 0.2) is 0 Å². The molecule has 1 N–H and O–H groups in total. The molecule has 0 fully saturated rings. The van der Waals surface area contributed by atoms with E-state index in [1.807, 2.05) is 62.4 Å². The van der Waals surface area contributed by atoms with Gasteiger partial charge in [0, 0.05) is 23.4 Å². The summed E-state index contributed by atoms with van der Waals surface area (Å²) in [5.74, 6) is -0.569. The average molecular weight is 383 g/mol. The number of anilines is 1. The molecule has 3 rings (SSSR count). The lowest BCUT2D eigenvalue weighted by atomic mass is 9.98. The van der Waals surface area contributed by atoms with Crippen molar-refractivity contribution in [2.45, 2.75) is 32.5 Å². The van der Waals surface area contributed by atoms with Crippen molar-refractivity contribution in [2.24, 2.45) is 5.92 Å². The topological polar surface area (TPSA) is 76.1 Å². The van der Waals surface area contributed by atoms with E-state index in [9.17, 15) is 14.7 Å². The molecule has 0 spiro atoms. The van der Waals surface area contributed by atoms with Crippen LogP contribution in [0.15, 0.2) is 48.5 Å². The number of carboxylic acids is 1. The number of rotatable bonds is 6. The molecule has 2 aromatic carbocycles. The molecule has 0 radical (unpaired) electrons. The Morgan fingerprint density at radius 3 is 2.43 bits per heavy atom. The molecule has 0 aliphatic carbocycles. The number of ether oxygens (including phenoxy) is 2. The molecule has 2 atom stereocenters. The first kappa shape index (κ1) is 19.9. The molecule has 1 aliphatic heterocycles. The van der Waals surface area contributed by atoms with Gasteiger partial charge < -0.3 is 19.5 Å². The number of carbonyl (C=O) groups is 2. The van der Waals surface area contributed by atoms with Crippen molar-refractivity contribution in [1.82, 2.24) is 0 Å². The van der Waals surface area contributed by atoms with E-state index in [0.29, 0.717) is 12.3 Å². The largest absolute Gasteiger partial charge is 0.496 e. The van der Waals surface area contributed by atoms with Crippen molar-refractivity contribution in [2.75, 3.05) is 18.6 Å².